The van der Waals surface area contributed by atoms with Gasteiger partial charge in [-0.25, -0.2) is 14.4 Å². The van der Waals surface area contributed by atoms with Crippen LogP contribution in [0.3, 0.4) is 0 Å². The van der Waals surface area contributed by atoms with Gasteiger partial charge in [0.2, 0.25) is 5.89 Å². The molecule has 0 aliphatic carbocycles. The Labute approximate surface area is 172 Å². The van der Waals surface area contributed by atoms with Crippen LogP contribution in [0.5, 0.6) is 0 Å². The molecule has 0 spiro atoms. The molecular formula is C22H21FN4OS. The normalized spacial score (nSPS) is 17.2. The fourth-order valence-electron chi connectivity index (χ4n) is 3.92. The zero-order valence-electron chi connectivity index (χ0n) is 16.1. The second kappa shape index (κ2) is 7.57. The van der Waals surface area contributed by atoms with Gasteiger partial charge in [0, 0.05) is 12.1 Å². The van der Waals surface area contributed by atoms with E-state index in [1.165, 1.54) is 6.07 Å². The molecule has 3 aromatic heterocycles. The van der Waals surface area contributed by atoms with Crippen LogP contribution in [0.4, 0.5) is 4.39 Å². The van der Waals surface area contributed by atoms with Crippen LogP contribution in [-0.2, 0) is 6.54 Å². The van der Waals surface area contributed by atoms with Crippen LogP contribution in [0.25, 0.3) is 22.0 Å². The van der Waals surface area contributed by atoms with Gasteiger partial charge in [-0.1, -0.05) is 18.2 Å². The summed E-state index contributed by atoms with van der Waals surface area (Å²) in [6, 6.07) is 10.9. The van der Waals surface area contributed by atoms with Crippen LogP contribution in [-0.4, -0.2) is 26.4 Å². The quantitative estimate of drug-likeness (QED) is 0.468. The lowest BCUT2D eigenvalue weighted by Gasteiger charge is -2.21. The zero-order chi connectivity index (χ0) is 19.8. The van der Waals surface area contributed by atoms with Gasteiger partial charge in [0.05, 0.1) is 28.5 Å². The second-order valence-electron chi connectivity index (χ2n) is 7.29. The van der Waals surface area contributed by atoms with E-state index >= 15 is 0 Å². The van der Waals surface area contributed by atoms with Crippen molar-refractivity contribution in [2.24, 2.45) is 0 Å². The number of aryl methyl sites for hydroxylation is 1. The van der Waals surface area contributed by atoms with Gasteiger partial charge in [-0.3, -0.25) is 4.90 Å². The van der Waals surface area contributed by atoms with E-state index in [1.54, 1.807) is 29.7 Å². The number of nitrogens with zero attached hydrogens (tertiary/aromatic N) is 3. The first-order chi connectivity index (χ1) is 14.2. The standard InChI is InChI=1S/C22H21FN4OS/c1-14-18(26-22(28-14)20-9-5-11-29-20)13-27-10-4-8-19(27)21-24-12-17(25-21)15-6-2-3-7-16(15)23/h2-3,5-7,9,11-12,19H,4,8,10,13H2,1H3,(H,24,25)/t19-/m0/s1. The Morgan fingerprint density at radius 2 is 2.17 bits per heavy atom. The fraction of sp³-hybridized carbons (Fsp3) is 0.273. The summed E-state index contributed by atoms with van der Waals surface area (Å²) in [4.78, 5) is 16.0. The third-order valence-electron chi connectivity index (χ3n) is 5.42. The summed E-state index contributed by atoms with van der Waals surface area (Å²) in [6.45, 7) is 3.65. The van der Waals surface area contributed by atoms with Crippen molar-refractivity contribution < 1.29 is 8.81 Å². The van der Waals surface area contributed by atoms with Crippen LogP contribution in [0, 0.1) is 12.7 Å². The zero-order valence-corrected chi connectivity index (χ0v) is 16.9. The summed E-state index contributed by atoms with van der Waals surface area (Å²) >= 11 is 1.62. The molecule has 1 N–H and O–H groups in total. The molecule has 1 aliphatic rings. The number of hydrogen-bond donors (Lipinski definition) is 1. The highest BCUT2D eigenvalue weighted by Crippen LogP contribution is 2.34. The topological polar surface area (TPSA) is 58.0 Å². The maximum atomic E-state index is 14.1. The van der Waals surface area contributed by atoms with E-state index in [9.17, 15) is 4.39 Å². The maximum Gasteiger partial charge on any atom is 0.236 e. The number of thiophene rings is 1. The minimum Gasteiger partial charge on any atom is -0.440 e. The van der Waals surface area contributed by atoms with Gasteiger partial charge < -0.3 is 9.40 Å². The Morgan fingerprint density at radius 3 is 3.00 bits per heavy atom. The van der Waals surface area contributed by atoms with Gasteiger partial charge in [0.1, 0.15) is 17.4 Å². The molecule has 0 saturated carbocycles. The minimum atomic E-state index is -0.245. The van der Waals surface area contributed by atoms with E-state index in [0.29, 0.717) is 23.7 Å². The van der Waals surface area contributed by atoms with Gasteiger partial charge in [-0.2, -0.15) is 0 Å². The van der Waals surface area contributed by atoms with Crippen molar-refractivity contribution in [1.82, 2.24) is 19.9 Å². The van der Waals surface area contributed by atoms with Crippen molar-refractivity contribution in [2.75, 3.05) is 6.54 Å². The number of oxazole rings is 1. The third-order valence-corrected chi connectivity index (χ3v) is 6.27. The van der Waals surface area contributed by atoms with E-state index in [4.69, 9.17) is 9.40 Å². The number of likely N-dealkylation sites (tertiary alicyclic amines) is 1. The average molecular weight is 409 g/mol. The van der Waals surface area contributed by atoms with E-state index in [2.05, 4.69) is 14.9 Å². The van der Waals surface area contributed by atoms with Crippen LogP contribution < -0.4 is 0 Å². The molecule has 5 rings (SSSR count). The molecule has 29 heavy (non-hydrogen) atoms. The monoisotopic (exact) mass is 408 g/mol. The number of nitrogens with one attached hydrogen (secondary N) is 1. The molecule has 4 heterocycles. The molecule has 148 valence electrons. The van der Waals surface area contributed by atoms with E-state index in [1.807, 2.05) is 30.5 Å². The molecule has 0 amide bonds. The molecule has 1 aromatic carbocycles. The number of rotatable bonds is 5. The molecule has 0 radical (unpaired) electrons. The molecule has 1 aliphatic heterocycles. The van der Waals surface area contributed by atoms with Crippen LogP contribution >= 0.6 is 11.3 Å². The van der Waals surface area contributed by atoms with E-state index in [0.717, 1.165) is 41.5 Å². The first-order valence-corrected chi connectivity index (χ1v) is 10.6. The van der Waals surface area contributed by atoms with Crippen molar-refractivity contribution in [3.8, 4) is 22.0 Å². The largest absolute Gasteiger partial charge is 0.440 e. The SMILES string of the molecule is Cc1oc(-c2cccs2)nc1CN1CCC[C@H]1c1ncc(-c2ccccc2F)[nH]1. The Bertz CT molecular complexity index is 1120. The number of aromatic nitrogens is 3. The van der Waals surface area contributed by atoms with Crippen molar-refractivity contribution in [1.29, 1.82) is 0 Å². The van der Waals surface area contributed by atoms with Gasteiger partial charge in [0.25, 0.3) is 0 Å². The third kappa shape index (κ3) is 3.52. The van der Waals surface area contributed by atoms with Crippen LogP contribution in [0.1, 0.15) is 36.2 Å². The molecule has 1 atom stereocenters. The van der Waals surface area contributed by atoms with Gasteiger partial charge in [-0.15, -0.1) is 11.3 Å². The van der Waals surface area contributed by atoms with Crippen LogP contribution in [0.2, 0.25) is 0 Å². The molecule has 4 aromatic rings. The maximum absolute atomic E-state index is 14.1. The number of hydrogen-bond acceptors (Lipinski definition) is 5. The van der Waals surface area contributed by atoms with Crippen molar-refractivity contribution in [2.45, 2.75) is 32.4 Å². The van der Waals surface area contributed by atoms with E-state index < -0.39 is 0 Å². The average Bonchev–Trinajstić information content (AvgIpc) is 3.50. The van der Waals surface area contributed by atoms with Gasteiger partial charge in [0.15, 0.2) is 0 Å². The molecule has 1 saturated heterocycles. The molecule has 1 fully saturated rings. The van der Waals surface area contributed by atoms with Gasteiger partial charge in [-0.05, 0) is 49.9 Å². The lowest BCUT2D eigenvalue weighted by atomic mass is 10.1. The summed E-state index contributed by atoms with van der Waals surface area (Å²) < 4.78 is 20.0. The molecule has 5 nitrogen and oxygen atoms in total. The van der Waals surface area contributed by atoms with Crippen molar-refractivity contribution in [3.63, 3.8) is 0 Å². The van der Waals surface area contributed by atoms with Gasteiger partial charge >= 0.3 is 0 Å². The minimum absolute atomic E-state index is 0.164. The predicted octanol–water partition coefficient (Wildman–Crippen LogP) is 5.58. The first kappa shape index (κ1) is 18.3. The predicted molar refractivity (Wildman–Crippen MR) is 111 cm³/mol. The lowest BCUT2D eigenvalue weighted by Crippen LogP contribution is -2.24. The summed E-state index contributed by atoms with van der Waals surface area (Å²) in [5, 5.41) is 2.02. The number of H-pyrrole nitrogens is 1. The number of benzene rings is 1. The molecule has 0 unspecified atom stereocenters. The van der Waals surface area contributed by atoms with E-state index in [-0.39, 0.29) is 11.9 Å². The Kier molecular flexibility index (Phi) is 4.77. The Hall–Kier alpha value is -2.77. The summed E-state index contributed by atoms with van der Waals surface area (Å²) in [5.41, 5.74) is 2.22. The summed E-state index contributed by atoms with van der Waals surface area (Å²) in [7, 11) is 0. The number of imidazole rings is 1. The second-order valence-corrected chi connectivity index (χ2v) is 8.24. The van der Waals surface area contributed by atoms with Crippen molar-refractivity contribution in [3.05, 3.63) is 71.1 Å². The lowest BCUT2D eigenvalue weighted by molar-refractivity contribution is 0.237. The Balaban J connectivity index is 1.37. The number of halogens is 1. The smallest absolute Gasteiger partial charge is 0.236 e. The van der Waals surface area contributed by atoms with Crippen LogP contribution in [0.15, 0.2) is 52.4 Å². The highest BCUT2D eigenvalue weighted by molar-refractivity contribution is 7.13. The first-order valence-electron chi connectivity index (χ1n) is 9.73. The highest BCUT2D eigenvalue weighted by atomic mass is 32.1. The molecule has 7 heteroatoms. The molecular weight excluding hydrogens is 387 g/mol. The fourth-order valence-corrected chi connectivity index (χ4v) is 4.57. The van der Waals surface area contributed by atoms with Crippen molar-refractivity contribution >= 4 is 11.3 Å². The summed E-state index contributed by atoms with van der Waals surface area (Å²) in [5.74, 6) is 2.17. The number of aromatic amines is 1. The highest BCUT2D eigenvalue weighted by Gasteiger charge is 2.30. The Morgan fingerprint density at radius 1 is 1.28 bits per heavy atom. The summed E-state index contributed by atoms with van der Waals surface area (Å²) in [6.07, 6.45) is 3.83. The molecule has 0 bridgehead atoms.